The molecule has 0 aromatic heterocycles. The molecule has 2 fully saturated rings. The Hall–Kier alpha value is -0.120. The number of hydrogen-bond donors (Lipinski definition) is 1. The van der Waals surface area contributed by atoms with Crippen molar-refractivity contribution in [2.75, 3.05) is 19.7 Å². The summed E-state index contributed by atoms with van der Waals surface area (Å²) in [4.78, 5) is 2.56. The second-order valence-electron chi connectivity index (χ2n) is 6.56. The minimum atomic E-state index is 0.231. The Morgan fingerprint density at radius 3 is 2.19 bits per heavy atom. The molecule has 2 aliphatic heterocycles. The van der Waals surface area contributed by atoms with Gasteiger partial charge in [0.15, 0.2) is 0 Å². The van der Waals surface area contributed by atoms with Gasteiger partial charge in [-0.25, -0.2) is 0 Å². The van der Waals surface area contributed by atoms with Gasteiger partial charge in [0.05, 0.1) is 12.7 Å². The maximum Gasteiger partial charge on any atom is 0.0704 e. The average Bonchev–Trinajstić information content (AvgIpc) is 2.47. The summed E-state index contributed by atoms with van der Waals surface area (Å²) >= 11 is 0. The van der Waals surface area contributed by atoms with Crippen molar-refractivity contribution in [1.82, 2.24) is 4.90 Å². The molecule has 16 heavy (non-hydrogen) atoms. The molecule has 3 heteroatoms. The van der Waals surface area contributed by atoms with E-state index < -0.39 is 0 Å². The molecule has 2 unspecified atom stereocenters. The Labute approximate surface area is 99.3 Å². The van der Waals surface area contributed by atoms with Gasteiger partial charge >= 0.3 is 0 Å². The molecule has 2 atom stereocenters. The zero-order chi connectivity index (χ0) is 12.0. The van der Waals surface area contributed by atoms with Crippen molar-refractivity contribution in [2.24, 2.45) is 11.1 Å². The van der Waals surface area contributed by atoms with E-state index in [0.29, 0.717) is 0 Å². The van der Waals surface area contributed by atoms with Gasteiger partial charge in [-0.2, -0.15) is 0 Å². The average molecular weight is 226 g/mol. The summed E-state index contributed by atoms with van der Waals surface area (Å²) in [5, 5.41) is 0. The van der Waals surface area contributed by atoms with Crippen LogP contribution >= 0.6 is 0 Å². The summed E-state index contributed by atoms with van der Waals surface area (Å²) in [7, 11) is 0. The number of nitrogens with zero attached hydrogens (tertiary/aromatic N) is 1. The minimum Gasteiger partial charge on any atom is -0.376 e. The maximum absolute atomic E-state index is 6.30. The molecule has 2 rings (SSSR count). The van der Waals surface area contributed by atoms with E-state index >= 15 is 0 Å². The minimum absolute atomic E-state index is 0.231. The van der Waals surface area contributed by atoms with Crippen molar-refractivity contribution >= 4 is 0 Å². The molecule has 0 amide bonds. The number of rotatable bonds is 0. The zero-order valence-electron chi connectivity index (χ0n) is 11.1. The fourth-order valence-corrected chi connectivity index (χ4v) is 3.10. The Morgan fingerprint density at radius 1 is 1.25 bits per heavy atom. The van der Waals surface area contributed by atoms with Gasteiger partial charge in [-0.15, -0.1) is 0 Å². The fourth-order valence-electron chi connectivity index (χ4n) is 3.10. The zero-order valence-corrected chi connectivity index (χ0v) is 11.1. The van der Waals surface area contributed by atoms with E-state index in [4.69, 9.17) is 10.5 Å². The first-order valence-electron chi connectivity index (χ1n) is 6.47. The summed E-state index contributed by atoms with van der Waals surface area (Å²) in [6.45, 7) is 12.2. The number of likely N-dealkylation sites (tertiary alicyclic amines) is 1. The summed E-state index contributed by atoms with van der Waals surface area (Å²) in [6.07, 6.45) is 2.62. The Kier molecular flexibility index (Phi) is 3.06. The third-order valence-corrected chi connectivity index (χ3v) is 4.55. The first kappa shape index (κ1) is 12.3. The van der Waals surface area contributed by atoms with Crippen LogP contribution in [0.5, 0.6) is 0 Å². The lowest BCUT2D eigenvalue weighted by Gasteiger charge is -2.46. The molecule has 0 radical (unpaired) electrons. The van der Waals surface area contributed by atoms with Crippen LogP contribution in [0, 0.1) is 5.41 Å². The smallest absolute Gasteiger partial charge is 0.0704 e. The van der Waals surface area contributed by atoms with Crippen LogP contribution in [0.25, 0.3) is 0 Å². The van der Waals surface area contributed by atoms with Crippen LogP contribution in [0.3, 0.4) is 0 Å². The molecule has 2 N–H and O–H groups in total. The van der Waals surface area contributed by atoms with E-state index in [9.17, 15) is 0 Å². The first-order chi connectivity index (χ1) is 7.35. The quantitative estimate of drug-likeness (QED) is 0.682. The van der Waals surface area contributed by atoms with Gasteiger partial charge in [-0.3, -0.25) is 4.90 Å². The molecule has 0 aliphatic carbocycles. The summed E-state index contributed by atoms with van der Waals surface area (Å²) in [5.74, 6) is 0. The van der Waals surface area contributed by atoms with Crippen LogP contribution < -0.4 is 5.73 Å². The van der Waals surface area contributed by atoms with Crippen molar-refractivity contribution in [3.8, 4) is 0 Å². The van der Waals surface area contributed by atoms with E-state index in [0.717, 1.165) is 19.7 Å². The van der Waals surface area contributed by atoms with E-state index in [2.05, 4.69) is 32.6 Å². The predicted molar refractivity (Wildman–Crippen MR) is 66.4 cm³/mol. The van der Waals surface area contributed by atoms with Gasteiger partial charge in [-0.1, -0.05) is 0 Å². The molecule has 1 spiro atoms. The highest BCUT2D eigenvalue weighted by Gasteiger charge is 2.48. The Bertz CT molecular complexity index is 251. The van der Waals surface area contributed by atoms with Crippen molar-refractivity contribution in [1.29, 1.82) is 0 Å². The highest BCUT2D eigenvalue weighted by atomic mass is 16.5. The second kappa shape index (κ2) is 3.97. The molecule has 2 aliphatic rings. The number of hydrogen-bond acceptors (Lipinski definition) is 3. The van der Waals surface area contributed by atoms with E-state index in [1.165, 1.54) is 12.8 Å². The van der Waals surface area contributed by atoms with Crippen LogP contribution in [0.2, 0.25) is 0 Å². The number of nitrogens with two attached hydrogens (primary N) is 1. The highest BCUT2D eigenvalue weighted by Crippen LogP contribution is 2.42. The topological polar surface area (TPSA) is 38.5 Å². The molecular formula is C13H26N2O. The molecular weight excluding hydrogens is 200 g/mol. The van der Waals surface area contributed by atoms with E-state index in [-0.39, 0.29) is 23.1 Å². The van der Waals surface area contributed by atoms with Crippen molar-refractivity contribution in [3.63, 3.8) is 0 Å². The van der Waals surface area contributed by atoms with Crippen molar-refractivity contribution in [2.45, 2.75) is 58.2 Å². The molecule has 2 saturated heterocycles. The van der Waals surface area contributed by atoms with Gasteiger partial charge in [0.25, 0.3) is 0 Å². The molecule has 0 saturated carbocycles. The lowest BCUT2D eigenvalue weighted by atomic mass is 9.73. The molecule has 0 aromatic carbocycles. The summed E-state index contributed by atoms with van der Waals surface area (Å²) in [6, 6.07) is 0.231. The van der Waals surface area contributed by atoms with Crippen LogP contribution in [0.15, 0.2) is 0 Å². The Morgan fingerprint density at radius 2 is 1.81 bits per heavy atom. The fraction of sp³-hybridized carbons (Fsp3) is 1.00. The number of ether oxygens (including phenoxy) is 1. The molecule has 94 valence electrons. The lowest BCUT2D eigenvalue weighted by Crippen LogP contribution is -2.54. The third-order valence-electron chi connectivity index (χ3n) is 4.55. The lowest BCUT2D eigenvalue weighted by molar-refractivity contribution is 0.0288. The highest BCUT2D eigenvalue weighted by molar-refractivity contribution is 5.01. The van der Waals surface area contributed by atoms with Gasteiger partial charge in [0, 0.05) is 17.0 Å². The Balaban J connectivity index is 2.00. The van der Waals surface area contributed by atoms with Crippen molar-refractivity contribution < 1.29 is 4.74 Å². The predicted octanol–water partition coefficient (Wildman–Crippen LogP) is 1.61. The van der Waals surface area contributed by atoms with Crippen LogP contribution in [0.4, 0.5) is 0 Å². The normalized spacial score (nSPS) is 35.8. The van der Waals surface area contributed by atoms with Crippen molar-refractivity contribution in [3.05, 3.63) is 0 Å². The summed E-state index contributed by atoms with van der Waals surface area (Å²) in [5.41, 5.74) is 6.85. The van der Waals surface area contributed by atoms with Gasteiger partial charge in [0.2, 0.25) is 0 Å². The summed E-state index contributed by atoms with van der Waals surface area (Å²) < 4.78 is 5.74. The van der Waals surface area contributed by atoms with E-state index in [1.54, 1.807) is 0 Å². The second-order valence-corrected chi connectivity index (χ2v) is 6.56. The molecule has 2 heterocycles. The molecule has 0 bridgehead atoms. The molecule has 3 nitrogen and oxygen atoms in total. The van der Waals surface area contributed by atoms with Gasteiger partial charge in [0.1, 0.15) is 0 Å². The van der Waals surface area contributed by atoms with Crippen LogP contribution in [-0.2, 0) is 4.74 Å². The van der Waals surface area contributed by atoms with Gasteiger partial charge < -0.3 is 10.5 Å². The number of piperidine rings is 1. The van der Waals surface area contributed by atoms with Crippen LogP contribution in [-0.4, -0.2) is 42.3 Å². The standard InChI is InChI=1S/C13H26N2O/c1-10-11(14)13(9-16-10)5-7-15(8-6-13)12(2,3)4/h10-11H,5-9,14H2,1-4H3. The molecule has 0 aromatic rings. The largest absolute Gasteiger partial charge is 0.376 e. The monoisotopic (exact) mass is 226 g/mol. The van der Waals surface area contributed by atoms with E-state index in [1.807, 2.05) is 0 Å². The van der Waals surface area contributed by atoms with Crippen LogP contribution in [0.1, 0.15) is 40.5 Å². The maximum atomic E-state index is 6.30. The van der Waals surface area contributed by atoms with Gasteiger partial charge in [-0.05, 0) is 53.6 Å². The SMILES string of the molecule is CC1OCC2(CCN(C(C)(C)C)CC2)C1N. The first-order valence-corrected chi connectivity index (χ1v) is 6.47. The third kappa shape index (κ3) is 2.01.